The predicted octanol–water partition coefficient (Wildman–Crippen LogP) is 6.22. The van der Waals surface area contributed by atoms with Crippen molar-refractivity contribution in [1.29, 1.82) is 0 Å². The van der Waals surface area contributed by atoms with Crippen LogP contribution in [0.1, 0.15) is 31.1 Å². The van der Waals surface area contributed by atoms with Crippen molar-refractivity contribution in [2.45, 2.75) is 26.4 Å². The molecule has 3 aromatic carbocycles. The number of carboxylic acids is 1. The Hall–Kier alpha value is -4.86. The number of benzene rings is 3. The lowest BCUT2D eigenvalue weighted by Gasteiger charge is -2.20. The van der Waals surface area contributed by atoms with Gasteiger partial charge in [0.2, 0.25) is 11.8 Å². The van der Waals surface area contributed by atoms with E-state index in [1.54, 1.807) is 45.0 Å². The molecule has 0 aliphatic heterocycles. The number of hydrogen-bond acceptors (Lipinski definition) is 8. The summed E-state index contributed by atoms with van der Waals surface area (Å²) in [7, 11) is 1.45. The molecule has 190 valence electrons. The van der Waals surface area contributed by atoms with Gasteiger partial charge in [0.25, 0.3) is 0 Å². The minimum Gasteiger partial charge on any atom is -0.497 e. The molecule has 10 nitrogen and oxygen atoms in total. The maximum atomic E-state index is 12.3. The molecule has 37 heavy (non-hydrogen) atoms. The largest absolute Gasteiger partial charge is 0.497 e. The van der Waals surface area contributed by atoms with Crippen LogP contribution in [0.25, 0.3) is 10.8 Å². The second-order valence-electron chi connectivity index (χ2n) is 8.98. The zero-order chi connectivity index (χ0) is 26.6. The van der Waals surface area contributed by atoms with E-state index in [1.165, 1.54) is 25.4 Å². The van der Waals surface area contributed by atoms with Gasteiger partial charge in [0.15, 0.2) is 0 Å². The Kier molecular flexibility index (Phi) is 7.10. The van der Waals surface area contributed by atoms with E-state index >= 15 is 0 Å². The highest BCUT2D eigenvalue weighted by atomic mass is 16.6. The van der Waals surface area contributed by atoms with Gasteiger partial charge in [-0.3, -0.25) is 5.32 Å². The molecule has 0 aliphatic rings. The van der Waals surface area contributed by atoms with Crippen LogP contribution in [0.4, 0.5) is 22.1 Å². The first-order valence-corrected chi connectivity index (χ1v) is 11.3. The number of anilines is 3. The number of fused-ring (bicyclic) bond motifs is 1. The van der Waals surface area contributed by atoms with Crippen molar-refractivity contribution in [2.24, 2.45) is 0 Å². The highest BCUT2D eigenvalue weighted by Gasteiger charge is 2.18. The van der Waals surface area contributed by atoms with Gasteiger partial charge in [-0.05, 0) is 45.0 Å². The lowest BCUT2D eigenvalue weighted by molar-refractivity contribution is 0.0634. The molecule has 1 amide bonds. The monoisotopic (exact) mass is 502 g/mol. The van der Waals surface area contributed by atoms with Crippen LogP contribution < -0.4 is 20.1 Å². The number of aromatic nitrogens is 2. The molecule has 0 saturated carbocycles. The van der Waals surface area contributed by atoms with Crippen molar-refractivity contribution in [1.82, 2.24) is 9.97 Å². The van der Waals surface area contributed by atoms with Crippen molar-refractivity contribution in [3.05, 3.63) is 72.4 Å². The van der Waals surface area contributed by atoms with E-state index in [0.29, 0.717) is 22.9 Å². The molecule has 10 heteroatoms. The first kappa shape index (κ1) is 25.2. The number of ether oxygens (including phenoxy) is 3. The molecular weight excluding hydrogens is 476 g/mol. The smallest absolute Gasteiger partial charge is 0.412 e. The summed E-state index contributed by atoms with van der Waals surface area (Å²) >= 11 is 0. The quantitative estimate of drug-likeness (QED) is 0.269. The summed E-state index contributed by atoms with van der Waals surface area (Å²) in [5.74, 6) is 0.272. The molecule has 1 heterocycles. The van der Waals surface area contributed by atoms with Crippen molar-refractivity contribution in [3.63, 3.8) is 0 Å². The summed E-state index contributed by atoms with van der Waals surface area (Å²) in [6.45, 7) is 5.39. The molecular formula is C27H26N4O6. The second-order valence-corrected chi connectivity index (χ2v) is 8.98. The van der Waals surface area contributed by atoms with Crippen LogP contribution in [0, 0.1) is 0 Å². The topological polar surface area (TPSA) is 132 Å². The third-order valence-corrected chi connectivity index (χ3v) is 5.01. The second kappa shape index (κ2) is 10.4. The number of carbonyl (C=O) groups excluding carboxylic acids is 1. The van der Waals surface area contributed by atoms with Gasteiger partial charge >= 0.3 is 12.1 Å². The van der Waals surface area contributed by atoms with Gasteiger partial charge in [0.05, 0.1) is 18.4 Å². The third-order valence-electron chi connectivity index (χ3n) is 5.01. The van der Waals surface area contributed by atoms with Crippen molar-refractivity contribution in [2.75, 3.05) is 17.7 Å². The Morgan fingerprint density at radius 1 is 0.973 bits per heavy atom. The maximum Gasteiger partial charge on any atom is 0.412 e. The number of carbonyl (C=O) groups is 2. The molecule has 1 aromatic heterocycles. The SMILES string of the molecule is COc1cc(Nc2nccc(Oc3ccc(NC(=O)OC(C)(C)C)c4ccccc34)n2)cc(C(=O)O)c1. The van der Waals surface area contributed by atoms with Crippen LogP contribution in [0.5, 0.6) is 17.4 Å². The lowest BCUT2D eigenvalue weighted by Crippen LogP contribution is -2.27. The number of methoxy groups -OCH3 is 1. The van der Waals surface area contributed by atoms with Crippen LogP contribution in [-0.4, -0.2) is 39.8 Å². The minimum atomic E-state index is -1.09. The number of nitrogens with zero attached hydrogens (tertiary/aromatic N) is 2. The average molecular weight is 503 g/mol. The summed E-state index contributed by atoms with van der Waals surface area (Å²) < 4.78 is 16.6. The first-order valence-electron chi connectivity index (χ1n) is 11.3. The maximum absolute atomic E-state index is 12.3. The number of amides is 1. The predicted molar refractivity (Wildman–Crippen MR) is 139 cm³/mol. The molecule has 3 N–H and O–H groups in total. The van der Waals surface area contributed by atoms with Crippen molar-refractivity contribution in [3.8, 4) is 17.4 Å². The van der Waals surface area contributed by atoms with Crippen LogP contribution in [0.2, 0.25) is 0 Å². The van der Waals surface area contributed by atoms with E-state index in [4.69, 9.17) is 14.2 Å². The fraction of sp³-hybridized carbons (Fsp3) is 0.185. The zero-order valence-corrected chi connectivity index (χ0v) is 20.7. The van der Waals surface area contributed by atoms with Gasteiger partial charge in [0.1, 0.15) is 17.1 Å². The van der Waals surface area contributed by atoms with E-state index in [2.05, 4.69) is 20.6 Å². The Morgan fingerprint density at radius 2 is 1.73 bits per heavy atom. The number of carboxylic acid groups (broad SMARTS) is 1. The zero-order valence-electron chi connectivity index (χ0n) is 20.7. The van der Waals surface area contributed by atoms with E-state index in [0.717, 1.165) is 10.8 Å². The van der Waals surface area contributed by atoms with Crippen molar-refractivity contribution < 1.29 is 28.9 Å². The van der Waals surface area contributed by atoms with E-state index < -0.39 is 17.7 Å². The molecule has 4 aromatic rings. The van der Waals surface area contributed by atoms with Gasteiger partial charge in [-0.1, -0.05) is 24.3 Å². The van der Waals surface area contributed by atoms with Gasteiger partial charge in [0, 0.05) is 34.8 Å². The lowest BCUT2D eigenvalue weighted by atomic mass is 10.1. The van der Waals surface area contributed by atoms with E-state index in [1.807, 2.05) is 24.3 Å². The number of nitrogens with one attached hydrogen (secondary N) is 2. The Morgan fingerprint density at radius 3 is 2.43 bits per heavy atom. The summed E-state index contributed by atoms with van der Waals surface area (Å²) in [6, 6.07) is 17.0. The molecule has 0 spiro atoms. The molecule has 0 bridgehead atoms. The Bertz CT molecular complexity index is 1470. The summed E-state index contributed by atoms with van der Waals surface area (Å²) in [5.41, 5.74) is 0.453. The van der Waals surface area contributed by atoms with Gasteiger partial charge in [-0.25, -0.2) is 14.6 Å². The fourth-order valence-electron chi connectivity index (χ4n) is 3.50. The molecule has 0 saturated heterocycles. The number of hydrogen-bond donors (Lipinski definition) is 3. The van der Waals surface area contributed by atoms with Gasteiger partial charge in [-0.15, -0.1) is 0 Å². The Balaban J connectivity index is 1.58. The third kappa shape index (κ3) is 6.43. The molecule has 4 rings (SSSR count). The molecule has 0 atom stereocenters. The van der Waals surface area contributed by atoms with Crippen LogP contribution in [0.15, 0.2) is 66.9 Å². The van der Waals surface area contributed by atoms with Crippen LogP contribution >= 0.6 is 0 Å². The highest BCUT2D eigenvalue weighted by Crippen LogP contribution is 2.34. The average Bonchev–Trinajstić information content (AvgIpc) is 2.84. The van der Waals surface area contributed by atoms with Crippen LogP contribution in [-0.2, 0) is 4.74 Å². The van der Waals surface area contributed by atoms with Gasteiger partial charge < -0.3 is 24.6 Å². The summed E-state index contributed by atoms with van der Waals surface area (Å²) in [4.78, 5) is 32.3. The molecule has 0 fully saturated rings. The normalized spacial score (nSPS) is 11.0. The molecule has 0 aliphatic carbocycles. The highest BCUT2D eigenvalue weighted by molar-refractivity contribution is 6.02. The fourth-order valence-corrected chi connectivity index (χ4v) is 3.50. The minimum absolute atomic E-state index is 0.0563. The molecule has 0 radical (unpaired) electrons. The van der Waals surface area contributed by atoms with Crippen LogP contribution in [0.3, 0.4) is 0 Å². The number of rotatable bonds is 7. The summed E-state index contributed by atoms with van der Waals surface area (Å²) in [6.07, 6.45) is 0.963. The number of aromatic carboxylic acids is 1. The van der Waals surface area contributed by atoms with E-state index in [-0.39, 0.29) is 17.4 Å². The van der Waals surface area contributed by atoms with Crippen molar-refractivity contribution >= 4 is 40.2 Å². The summed E-state index contributed by atoms with van der Waals surface area (Å²) in [5, 5.41) is 16.6. The van der Waals surface area contributed by atoms with E-state index in [9.17, 15) is 14.7 Å². The first-order chi connectivity index (χ1) is 17.6. The standard InChI is InChI=1S/C27H26N4O6/c1-27(2,3)37-26(34)30-21-9-10-22(20-8-6-5-7-19(20)21)36-23-11-12-28-25(31-23)29-17-13-16(24(32)33)14-18(15-17)35-4/h5-15H,1-4H3,(H,30,34)(H,32,33)(H,28,29,31). The molecule has 0 unspecified atom stereocenters. The van der Waals surface area contributed by atoms with Gasteiger partial charge in [-0.2, -0.15) is 4.98 Å². The Labute approximate surface area is 213 Å².